The van der Waals surface area contributed by atoms with Crippen molar-refractivity contribution in [3.05, 3.63) is 46.5 Å². The van der Waals surface area contributed by atoms with E-state index in [1.54, 1.807) is 5.57 Å². The Morgan fingerprint density at radius 1 is 1.10 bits per heavy atom. The highest BCUT2D eigenvalue weighted by Crippen LogP contribution is 2.22. The van der Waals surface area contributed by atoms with E-state index in [-0.39, 0.29) is 0 Å². The molecule has 0 radical (unpaired) electrons. The van der Waals surface area contributed by atoms with E-state index in [1.165, 1.54) is 50.5 Å². The van der Waals surface area contributed by atoms with Crippen LogP contribution in [0.15, 0.2) is 35.9 Å². The van der Waals surface area contributed by atoms with E-state index in [9.17, 15) is 0 Å². The fourth-order valence-corrected chi connectivity index (χ4v) is 3.17. The van der Waals surface area contributed by atoms with E-state index in [2.05, 4.69) is 30.4 Å². The highest BCUT2D eigenvalue weighted by Gasteiger charge is 2.15. The Bertz CT molecular complexity index is 435. The van der Waals surface area contributed by atoms with Crippen LogP contribution in [0.5, 0.6) is 0 Å². The van der Waals surface area contributed by atoms with Crippen LogP contribution in [0.4, 0.5) is 0 Å². The Morgan fingerprint density at radius 3 is 2.62 bits per heavy atom. The Hall–Kier alpha value is -0.790. The second-order valence-corrected chi connectivity index (χ2v) is 6.51. The van der Waals surface area contributed by atoms with Gasteiger partial charge in [-0.2, -0.15) is 0 Å². The molecule has 0 saturated heterocycles. The number of hydrogen-bond donors (Lipinski definition) is 1. The first kappa shape index (κ1) is 16.6. The van der Waals surface area contributed by atoms with Gasteiger partial charge in [-0.05, 0) is 62.8 Å². The lowest BCUT2D eigenvalue weighted by Crippen LogP contribution is -2.34. The summed E-state index contributed by atoms with van der Waals surface area (Å²) in [6.07, 6.45) is 12.7. The first-order chi connectivity index (χ1) is 10.3. The summed E-state index contributed by atoms with van der Waals surface area (Å²) in [4.78, 5) is 0. The van der Waals surface area contributed by atoms with Crippen LogP contribution in [-0.2, 0) is 6.42 Å². The van der Waals surface area contributed by atoms with Crippen molar-refractivity contribution >= 4 is 11.6 Å². The first-order valence-electron chi connectivity index (χ1n) is 8.46. The smallest absolute Gasteiger partial charge is 0.0406 e. The molecule has 0 bridgehead atoms. The van der Waals surface area contributed by atoms with Crippen molar-refractivity contribution in [2.45, 2.75) is 64.3 Å². The van der Waals surface area contributed by atoms with Crippen LogP contribution in [0.3, 0.4) is 0 Å². The molecule has 1 aromatic rings. The van der Waals surface area contributed by atoms with Gasteiger partial charge in [0.05, 0.1) is 0 Å². The van der Waals surface area contributed by atoms with Gasteiger partial charge in [0.25, 0.3) is 0 Å². The number of hydrogen-bond acceptors (Lipinski definition) is 1. The summed E-state index contributed by atoms with van der Waals surface area (Å²) in [5.74, 6) is 0. The van der Waals surface area contributed by atoms with Gasteiger partial charge in [0.15, 0.2) is 0 Å². The van der Waals surface area contributed by atoms with Crippen molar-refractivity contribution < 1.29 is 0 Å². The fourth-order valence-electron chi connectivity index (χ4n) is 3.04. The minimum absolute atomic E-state index is 0.490. The quantitative estimate of drug-likeness (QED) is 0.681. The highest BCUT2D eigenvalue weighted by atomic mass is 35.5. The maximum atomic E-state index is 5.99. The van der Waals surface area contributed by atoms with Crippen LogP contribution < -0.4 is 5.32 Å². The van der Waals surface area contributed by atoms with Crippen LogP contribution >= 0.6 is 11.6 Å². The average Bonchev–Trinajstić information content (AvgIpc) is 2.46. The second kappa shape index (κ2) is 9.27. The van der Waals surface area contributed by atoms with Gasteiger partial charge in [0, 0.05) is 11.1 Å². The lowest BCUT2D eigenvalue weighted by Gasteiger charge is -2.24. The van der Waals surface area contributed by atoms with Gasteiger partial charge in [-0.25, -0.2) is 0 Å². The van der Waals surface area contributed by atoms with Crippen LogP contribution in [0, 0.1) is 0 Å². The van der Waals surface area contributed by atoms with E-state index in [0.717, 1.165) is 18.0 Å². The van der Waals surface area contributed by atoms with Crippen molar-refractivity contribution in [1.82, 2.24) is 5.32 Å². The molecule has 1 nitrogen and oxygen atoms in total. The summed E-state index contributed by atoms with van der Waals surface area (Å²) in [6.45, 7) is 3.33. The second-order valence-electron chi connectivity index (χ2n) is 6.07. The van der Waals surface area contributed by atoms with E-state index in [4.69, 9.17) is 11.6 Å². The lowest BCUT2D eigenvalue weighted by atomic mass is 9.91. The normalized spacial score (nSPS) is 20.2. The molecule has 1 atom stereocenters. The minimum atomic E-state index is 0.490. The molecule has 21 heavy (non-hydrogen) atoms. The lowest BCUT2D eigenvalue weighted by molar-refractivity contribution is 0.523. The molecule has 0 saturated carbocycles. The third-order valence-electron chi connectivity index (χ3n) is 4.27. The van der Waals surface area contributed by atoms with E-state index in [0.29, 0.717) is 6.04 Å². The van der Waals surface area contributed by atoms with E-state index in [1.807, 2.05) is 12.1 Å². The predicted molar refractivity (Wildman–Crippen MR) is 93.0 cm³/mol. The summed E-state index contributed by atoms with van der Waals surface area (Å²) in [5, 5.41) is 4.57. The van der Waals surface area contributed by atoms with Crippen LogP contribution in [0.25, 0.3) is 0 Å². The Kier molecular flexibility index (Phi) is 7.32. The van der Waals surface area contributed by atoms with Crippen molar-refractivity contribution in [3.8, 4) is 0 Å². The molecule has 1 unspecified atom stereocenters. The van der Waals surface area contributed by atoms with Gasteiger partial charge in [0.2, 0.25) is 0 Å². The number of rotatable bonds is 6. The first-order valence-corrected chi connectivity index (χ1v) is 8.84. The third kappa shape index (κ3) is 5.84. The maximum Gasteiger partial charge on any atom is 0.0406 e. The number of halogens is 1. The molecular formula is C19H28ClN. The Labute approximate surface area is 134 Å². The average molecular weight is 306 g/mol. The zero-order chi connectivity index (χ0) is 14.9. The minimum Gasteiger partial charge on any atom is -0.310 e. The van der Waals surface area contributed by atoms with Gasteiger partial charge in [-0.1, -0.05) is 55.1 Å². The van der Waals surface area contributed by atoms with Crippen molar-refractivity contribution in [2.24, 2.45) is 0 Å². The van der Waals surface area contributed by atoms with E-state index < -0.39 is 0 Å². The molecule has 116 valence electrons. The SMILES string of the molecule is CCCNC(Cc1ccc(Cl)cc1)/C1=C/CCCCCC1. The standard InChI is InChI=1S/C19H28ClN/c1-2-14-21-19(15-16-10-12-18(20)13-11-16)17-8-6-4-3-5-7-9-17/h8,10-13,19,21H,2-7,9,14-15H2,1H3/b17-8+. The molecular weight excluding hydrogens is 278 g/mol. The maximum absolute atomic E-state index is 5.99. The van der Waals surface area contributed by atoms with Crippen molar-refractivity contribution in [1.29, 1.82) is 0 Å². The van der Waals surface area contributed by atoms with Gasteiger partial charge in [-0.15, -0.1) is 0 Å². The predicted octanol–water partition coefficient (Wildman–Crippen LogP) is 5.53. The van der Waals surface area contributed by atoms with Gasteiger partial charge < -0.3 is 5.32 Å². The van der Waals surface area contributed by atoms with Gasteiger partial charge >= 0.3 is 0 Å². The molecule has 1 aliphatic rings. The molecule has 0 aromatic heterocycles. The molecule has 1 aliphatic carbocycles. The summed E-state index contributed by atoms with van der Waals surface area (Å²) >= 11 is 5.99. The topological polar surface area (TPSA) is 12.0 Å². The van der Waals surface area contributed by atoms with Crippen LogP contribution in [0.1, 0.15) is 57.4 Å². The van der Waals surface area contributed by atoms with Crippen molar-refractivity contribution in [2.75, 3.05) is 6.54 Å². The molecule has 2 heteroatoms. The molecule has 0 spiro atoms. The number of allylic oxidation sites excluding steroid dienone is 1. The monoisotopic (exact) mass is 305 g/mol. The Morgan fingerprint density at radius 2 is 1.86 bits per heavy atom. The largest absolute Gasteiger partial charge is 0.310 e. The molecule has 0 amide bonds. The zero-order valence-electron chi connectivity index (χ0n) is 13.2. The Balaban J connectivity index is 2.06. The molecule has 0 aliphatic heterocycles. The fraction of sp³-hybridized carbons (Fsp3) is 0.579. The van der Waals surface area contributed by atoms with Gasteiger partial charge in [0.1, 0.15) is 0 Å². The zero-order valence-corrected chi connectivity index (χ0v) is 14.0. The molecule has 1 N–H and O–H groups in total. The van der Waals surface area contributed by atoms with Crippen molar-refractivity contribution in [3.63, 3.8) is 0 Å². The summed E-state index contributed by atoms with van der Waals surface area (Å²) in [7, 11) is 0. The molecule has 0 fully saturated rings. The van der Waals surface area contributed by atoms with Crippen LogP contribution in [-0.4, -0.2) is 12.6 Å². The third-order valence-corrected chi connectivity index (χ3v) is 4.52. The summed E-state index contributed by atoms with van der Waals surface area (Å²) in [5.41, 5.74) is 2.99. The number of nitrogens with one attached hydrogen (secondary N) is 1. The van der Waals surface area contributed by atoms with Gasteiger partial charge in [-0.3, -0.25) is 0 Å². The summed E-state index contributed by atoms with van der Waals surface area (Å²) in [6, 6.07) is 8.81. The number of benzene rings is 1. The van der Waals surface area contributed by atoms with Crippen LogP contribution in [0.2, 0.25) is 5.02 Å². The molecule has 2 rings (SSSR count). The van der Waals surface area contributed by atoms with E-state index >= 15 is 0 Å². The highest BCUT2D eigenvalue weighted by molar-refractivity contribution is 6.30. The molecule has 0 heterocycles. The molecule has 1 aromatic carbocycles. The summed E-state index contributed by atoms with van der Waals surface area (Å²) < 4.78 is 0.